The molecule has 0 aliphatic rings. The number of fused-ring (bicyclic) bond motifs is 1. The third kappa shape index (κ3) is 1.61. The quantitative estimate of drug-likeness (QED) is 0.700. The molecule has 68 valence electrons. The summed E-state index contributed by atoms with van der Waals surface area (Å²) in [5.41, 5.74) is 1.65. The summed E-state index contributed by atoms with van der Waals surface area (Å²) in [6.45, 7) is 3.97. The molecule has 1 aromatic carbocycles. The van der Waals surface area contributed by atoms with Crippen molar-refractivity contribution in [2.24, 2.45) is 0 Å². The zero-order chi connectivity index (χ0) is 9.26. The third-order valence-electron chi connectivity index (χ3n) is 1.64. The molecule has 0 amide bonds. The van der Waals surface area contributed by atoms with Gasteiger partial charge < -0.3 is 4.74 Å². The lowest BCUT2D eigenvalue weighted by Crippen LogP contribution is -2.05. The molecule has 4 heteroatoms. The van der Waals surface area contributed by atoms with Crippen LogP contribution in [0.25, 0.3) is 11.0 Å². The molecule has 0 unspecified atom stereocenters. The molecule has 2 rings (SSSR count). The van der Waals surface area contributed by atoms with Gasteiger partial charge in [-0.25, -0.2) is 0 Å². The molecule has 0 aliphatic heterocycles. The van der Waals surface area contributed by atoms with E-state index in [0.717, 1.165) is 16.8 Å². The van der Waals surface area contributed by atoms with Crippen molar-refractivity contribution in [2.45, 2.75) is 20.0 Å². The predicted molar refractivity (Wildman–Crippen MR) is 46.3 cm³/mol. The standard InChI is InChI=1S/C9H10N2O2/c1-6(2)12-7-3-4-8-9(5-7)11-13-10-8/h3-6H,1-2H3/p+1. The number of hydrogen-bond donors (Lipinski definition) is 0. The van der Waals surface area contributed by atoms with Gasteiger partial charge in [0.15, 0.2) is 5.16 Å². The Morgan fingerprint density at radius 2 is 2.31 bits per heavy atom. The molecule has 0 radical (unpaired) electrons. The number of nitrogens with zero attached hydrogens (tertiary/aromatic N) is 1. The molecule has 0 aliphatic carbocycles. The first-order chi connectivity index (χ1) is 6.25. The van der Waals surface area contributed by atoms with Gasteiger partial charge in [0.1, 0.15) is 5.75 Å². The monoisotopic (exact) mass is 179 g/mol. The van der Waals surface area contributed by atoms with Crippen LogP contribution in [0.2, 0.25) is 0 Å². The smallest absolute Gasteiger partial charge is 0.277 e. The number of hydrogen-bond acceptors (Lipinski definition) is 3. The molecule has 0 saturated carbocycles. The molecule has 4 nitrogen and oxygen atoms in total. The fourth-order valence-electron chi connectivity index (χ4n) is 1.14. The largest absolute Gasteiger partial charge is 0.491 e. The van der Waals surface area contributed by atoms with Crippen molar-refractivity contribution in [3.63, 3.8) is 0 Å². The minimum absolute atomic E-state index is 0.174. The number of rotatable bonds is 2. The fourth-order valence-corrected chi connectivity index (χ4v) is 1.14. The van der Waals surface area contributed by atoms with Crippen LogP contribution >= 0.6 is 0 Å². The Morgan fingerprint density at radius 1 is 1.46 bits per heavy atom. The summed E-state index contributed by atoms with van der Waals surface area (Å²) in [6.07, 6.45) is 0.174. The molecule has 0 fully saturated rings. The number of benzene rings is 1. The molecule has 1 aromatic heterocycles. The third-order valence-corrected chi connectivity index (χ3v) is 1.64. The second kappa shape index (κ2) is 3.05. The summed E-state index contributed by atoms with van der Waals surface area (Å²) in [5.74, 6) is 0.810. The van der Waals surface area contributed by atoms with Gasteiger partial charge in [0.05, 0.1) is 6.10 Å². The average Bonchev–Trinajstić information content (AvgIpc) is 2.49. The van der Waals surface area contributed by atoms with E-state index in [0.29, 0.717) is 0 Å². The summed E-state index contributed by atoms with van der Waals surface area (Å²) in [4.78, 5) is 0. The minimum Gasteiger partial charge on any atom is -0.491 e. The Bertz CT molecular complexity index is 409. The van der Waals surface area contributed by atoms with Crippen LogP contribution in [0.3, 0.4) is 0 Å². The Hall–Kier alpha value is -1.58. The number of nitrogens with one attached hydrogen (secondary N) is 1. The van der Waals surface area contributed by atoms with E-state index in [2.05, 4.69) is 10.3 Å². The van der Waals surface area contributed by atoms with Crippen molar-refractivity contribution in [2.75, 3.05) is 0 Å². The number of H-pyrrole nitrogens is 1. The highest BCUT2D eigenvalue weighted by Crippen LogP contribution is 2.17. The van der Waals surface area contributed by atoms with Crippen molar-refractivity contribution >= 4 is 11.0 Å². The van der Waals surface area contributed by atoms with Crippen molar-refractivity contribution in [1.82, 2.24) is 5.16 Å². The van der Waals surface area contributed by atoms with Crippen molar-refractivity contribution in [1.29, 1.82) is 0 Å². The van der Waals surface area contributed by atoms with Gasteiger partial charge >= 0.3 is 0 Å². The van der Waals surface area contributed by atoms with Gasteiger partial charge in [0.25, 0.3) is 5.52 Å². The maximum absolute atomic E-state index is 5.50. The molecule has 1 N–H and O–H groups in total. The number of aromatic amines is 1. The Balaban J connectivity index is 2.37. The first kappa shape index (κ1) is 8.04. The van der Waals surface area contributed by atoms with Crippen LogP contribution in [0, 0.1) is 0 Å². The predicted octanol–water partition coefficient (Wildman–Crippen LogP) is 1.43. The lowest BCUT2D eigenvalue weighted by atomic mass is 10.3. The highest BCUT2D eigenvalue weighted by molar-refractivity contribution is 5.71. The van der Waals surface area contributed by atoms with Crippen LogP contribution in [-0.4, -0.2) is 11.3 Å². The summed E-state index contributed by atoms with van der Waals surface area (Å²) in [5, 5.41) is 6.43. The fraction of sp³-hybridized carbons (Fsp3) is 0.333. The van der Waals surface area contributed by atoms with Gasteiger partial charge in [-0.1, -0.05) is 9.79 Å². The van der Waals surface area contributed by atoms with E-state index in [-0.39, 0.29) is 6.10 Å². The average molecular weight is 179 g/mol. The molecular weight excluding hydrogens is 168 g/mol. The first-order valence-corrected chi connectivity index (χ1v) is 4.19. The van der Waals surface area contributed by atoms with Gasteiger partial charge in [0.2, 0.25) is 5.52 Å². The molecule has 0 bridgehead atoms. The molecular formula is C9H11N2O2+. The Labute approximate surface area is 75.5 Å². The summed E-state index contributed by atoms with van der Waals surface area (Å²) in [7, 11) is 0. The van der Waals surface area contributed by atoms with E-state index in [9.17, 15) is 0 Å². The summed E-state index contributed by atoms with van der Waals surface area (Å²) < 4.78 is 10.2. The van der Waals surface area contributed by atoms with E-state index in [1.165, 1.54) is 0 Å². The summed E-state index contributed by atoms with van der Waals surface area (Å²) >= 11 is 0. The van der Waals surface area contributed by atoms with Gasteiger partial charge in [-0.05, 0) is 26.0 Å². The SMILES string of the molecule is CC(C)Oc1ccc2[nH+]onc2c1. The second-order valence-electron chi connectivity index (χ2n) is 3.13. The van der Waals surface area contributed by atoms with E-state index >= 15 is 0 Å². The highest BCUT2D eigenvalue weighted by atomic mass is 16.6. The van der Waals surface area contributed by atoms with Crippen molar-refractivity contribution in [3.8, 4) is 5.75 Å². The zero-order valence-corrected chi connectivity index (χ0v) is 7.57. The Morgan fingerprint density at radius 3 is 3.08 bits per heavy atom. The van der Waals surface area contributed by atoms with Gasteiger partial charge in [-0.2, -0.15) is 0 Å². The van der Waals surface area contributed by atoms with Gasteiger partial charge in [0, 0.05) is 6.07 Å². The lowest BCUT2D eigenvalue weighted by Gasteiger charge is -2.07. The highest BCUT2D eigenvalue weighted by Gasteiger charge is 2.08. The van der Waals surface area contributed by atoms with E-state index < -0.39 is 0 Å². The topological polar surface area (TPSA) is 49.4 Å². The number of aromatic nitrogens is 2. The van der Waals surface area contributed by atoms with Crippen LogP contribution in [0.1, 0.15) is 13.8 Å². The minimum atomic E-state index is 0.174. The zero-order valence-electron chi connectivity index (χ0n) is 7.57. The van der Waals surface area contributed by atoms with Crippen molar-refractivity contribution < 1.29 is 14.5 Å². The van der Waals surface area contributed by atoms with E-state index in [4.69, 9.17) is 9.37 Å². The van der Waals surface area contributed by atoms with Gasteiger partial charge in [-0.3, -0.25) is 0 Å². The maximum atomic E-state index is 5.50. The second-order valence-corrected chi connectivity index (χ2v) is 3.13. The van der Waals surface area contributed by atoms with E-state index in [1.54, 1.807) is 0 Å². The van der Waals surface area contributed by atoms with Crippen LogP contribution in [0.15, 0.2) is 22.8 Å². The molecule has 0 saturated heterocycles. The summed E-state index contributed by atoms with van der Waals surface area (Å²) in [6, 6.07) is 5.61. The molecule has 0 atom stereocenters. The van der Waals surface area contributed by atoms with Crippen LogP contribution in [0.5, 0.6) is 5.75 Å². The maximum Gasteiger partial charge on any atom is 0.277 e. The molecule has 0 spiro atoms. The van der Waals surface area contributed by atoms with Gasteiger partial charge in [-0.15, -0.1) is 0 Å². The molecule has 2 aromatic rings. The first-order valence-electron chi connectivity index (χ1n) is 4.19. The van der Waals surface area contributed by atoms with Crippen LogP contribution in [-0.2, 0) is 0 Å². The van der Waals surface area contributed by atoms with Crippen LogP contribution < -0.4 is 9.89 Å². The lowest BCUT2D eigenvalue weighted by molar-refractivity contribution is -0.601. The van der Waals surface area contributed by atoms with E-state index in [1.807, 2.05) is 32.0 Å². The molecule has 1 heterocycles. The molecule has 13 heavy (non-hydrogen) atoms. The normalized spacial score (nSPS) is 11.0. The van der Waals surface area contributed by atoms with Crippen LogP contribution in [0.4, 0.5) is 0 Å². The number of ether oxygens (including phenoxy) is 1. The Kier molecular flexibility index (Phi) is 1.88. The van der Waals surface area contributed by atoms with Crippen molar-refractivity contribution in [3.05, 3.63) is 18.2 Å².